The van der Waals surface area contributed by atoms with E-state index in [4.69, 9.17) is 20.3 Å². The second-order valence-corrected chi connectivity index (χ2v) is 11.2. The Morgan fingerprint density at radius 1 is 1.23 bits per heavy atom. The first-order chi connectivity index (χ1) is 21.3. The molecular formula is C33H35FN6O4. The smallest absolute Gasteiger partial charge is 0.255 e. The lowest BCUT2D eigenvalue weighted by atomic mass is 9.90. The average Bonchev–Trinajstić information content (AvgIpc) is 3.44. The van der Waals surface area contributed by atoms with Crippen LogP contribution in [0.5, 0.6) is 5.75 Å². The molecule has 228 valence electrons. The van der Waals surface area contributed by atoms with Gasteiger partial charge in [-0.15, -0.1) is 0 Å². The number of nitrogens with zero attached hydrogens (tertiary/aromatic N) is 3. The number of rotatable bonds is 5. The van der Waals surface area contributed by atoms with Crippen molar-refractivity contribution >= 4 is 34.6 Å². The molecule has 1 fully saturated rings. The SMILES string of the molecule is COc1ccc(F)cc1C(=O)NCc1ccc(-c2nn3c4c(cnc(N)c24)/C=C/CO[C@H](C)C(=O)N[C@@H]2CCC[C@@H]3C2)cc1. The number of ether oxygens (including phenoxy) is 2. The summed E-state index contributed by atoms with van der Waals surface area (Å²) in [6.45, 7) is 2.28. The molecule has 6 rings (SSSR count). The Morgan fingerprint density at radius 2 is 2.05 bits per heavy atom. The zero-order valence-corrected chi connectivity index (χ0v) is 24.7. The number of nitrogens with one attached hydrogen (secondary N) is 2. The van der Waals surface area contributed by atoms with Gasteiger partial charge in [0.25, 0.3) is 5.91 Å². The van der Waals surface area contributed by atoms with E-state index in [-0.39, 0.29) is 36.7 Å². The molecule has 10 nitrogen and oxygen atoms in total. The van der Waals surface area contributed by atoms with Gasteiger partial charge in [-0.3, -0.25) is 14.3 Å². The van der Waals surface area contributed by atoms with E-state index >= 15 is 0 Å². The number of hydrogen-bond acceptors (Lipinski definition) is 7. The number of methoxy groups -OCH3 is 1. The molecule has 4 aromatic rings. The fourth-order valence-corrected chi connectivity index (χ4v) is 6.01. The molecule has 3 atom stereocenters. The van der Waals surface area contributed by atoms with Crippen LogP contribution in [0.25, 0.3) is 28.2 Å². The third-order valence-electron chi connectivity index (χ3n) is 8.32. The maximum Gasteiger partial charge on any atom is 0.255 e. The summed E-state index contributed by atoms with van der Waals surface area (Å²) in [6, 6.07) is 11.6. The van der Waals surface area contributed by atoms with Gasteiger partial charge in [-0.1, -0.05) is 36.4 Å². The van der Waals surface area contributed by atoms with E-state index in [0.717, 1.165) is 59.3 Å². The molecule has 1 saturated carbocycles. The predicted octanol–water partition coefficient (Wildman–Crippen LogP) is 4.79. The molecule has 0 radical (unpaired) electrons. The number of carbonyl (C=O) groups excluding carboxylic acids is 2. The summed E-state index contributed by atoms with van der Waals surface area (Å²) in [7, 11) is 1.44. The Balaban J connectivity index is 1.32. The molecule has 3 heterocycles. The quantitative estimate of drug-likeness (QED) is 0.301. The molecule has 1 aliphatic heterocycles. The summed E-state index contributed by atoms with van der Waals surface area (Å²) in [6.07, 6.45) is 8.55. The van der Waals surface area contributed by atoms with Crippen LogP contribution >= 0.6 is 0 Å². The summed E-state index contributed by atoms with van der Waals surface area (Å²) in [5, 5.41) is 11.9. The molecule has 11 heteroatoms. The number of nitrogens with two attached hydrogens (primary N) is 1. The molecule has 2 aliphatic rings. The Morgan fingerprint density at radius 3 is 2.84 bits per heavy atom. The number of fused-ring (bicyclic) bond motifs is 3. The molecule has 2 aromatic heterocycles. The van der Waals surface area contributed by atoms with Gasteiger partial charge in [-0.25, -0.2) is 9.37 Å². The zero-order chi connectivity index (χ0) is 30.8. The number of carbonyl (C=O) groups is 2. The number of nitrogen functional groups attached to an aromatic ring is 1. The van der Waals surface area contributed by atoms with Gasteiger partial charge in [0.1, 0.15) is 29.2 Å². The summed E-state index contributed by atoms with van der Waals surface area (Å²) in [5.41, 5.74) is 10.8. The van der Waals surface area contributed by atoms with Crippen LogP contribution in [0.15, 0.2) is 54.7 Å². The Hall–Kier alpha value is -4.77. The molecule has 0 unspecified atom stereocenters. The molecular weight excluding hydrogens is 563 g/mol. The van der Waals surface area contributed by atoms with Crippen molar-refractivity contribution in [3.8, 4) is 17.0 Å². The van der Waals surface area contributed by atoms with Crippen LogP contribution in [0.1, 0.15) is 60.1 Å². The number of benzene rings is 2. The van der Waals surface area contributed by atoms with Crippen LogP contribution in [0.2, 0.25) is 0 Å². The van der Waals surface area contributed by atoms with Crippen molar-refractivity contribution in [3.63, 3.8) is 0 Å². The fourth-order valence-electron chi connectivity index (χ4n) is 6.01. The van der Waals surface area contributed by atoms with E-state index in [1.165, 1.54) is 19.2 Å². The molecule has 2 amide bonds. The maximum absolute atomic E-state index is 13.8. The largest absolute Gasteiger partial charge is 0.496 e. The van der Waals surface area contributed by atoms with Crippen molar-refractivity contribution in [1.82, 2.24) is 25.4 Å². The minimum atomic E-state index is -0.547. The highest BCUT2D eigenvalue weighted by Gasteiger charge is 2.30. The number of hydrogen-bond donors (Lipinski definition) is 3. The Kier molecular flexibility index (Phi) is 8.30. The van der Waals surface area contributed by atoms with Crippen molar-refractivity contribution in [3.05, 3.63) is 77.2 Å². The monoisotopic (exact) mass is 598 g/mol. The maximum atomic E-state index is 13.8. The summed E-state index contributed by atoms with van der Waals surface area (Å²) in [4.78, 5) is 30.0. The predicted molar refractivity (Wildman–Crippen MR) is 165 cm³/mol. The molecule has 2 aromatic carbocycles. The molecule has 4 N–H and O–H groups in total. The summed E-state index contributed by atoms with van der Waals surface area (Å²) in [5.74, 6) is -0.374. The van der Waals surface area contributed by atoms with Crippen molar-refractivity contribution in [2.45, 2.75) is 57.3 Å². The first-order valence-corrected chi connectivity index (χ1v) is 14.8. The fraction of sp³-hybridized carbons (Fsp3) is 0.333. The molecule has 0 saturated heterocycles. The van der Waals surface area contributed by atoms with Crippen LogP contribution in [-0.4, -0.2) is 52.4 Å². The van der Waals surface area contributed by atoms with Crippen LogP contribution in [-0.2, 0) is 16.1 Å². The van der Waals surface area contributed by atoms with E-state index in [9.17, 15) is 14.0 Å². The number of halogens is 1. The second kappa shape index (κ2) is 12.5. The van der Waals surface area contributed by atoms with Crippen LogP contribution in [0.3, 0.4) is 0 Å². The highest BCUT2D eigenvalue weighted by atomic mass is 19.1. The van der Waals surface area contributed by atoms with Crippen LogP contribution < -0.4 is 21.1 Å². The van der Waals surface area contributed by atoms with Gasteiger partial charge >= 0.3 is 0 Å². The minimum Gasteiger partial charge on any atom is -0.496 e. The van der Waals surface area contributed by atoms with Crippen molar-refractivity contribution < 1.29 is 23.5 Å². The molecule has 2 bridgehead atoms. The lowest BCUT2D eigenvalue weighted by Crippen LogP contribution is -2.43. The number of aromatic nitrogens is 3. The third-order valence-corrected chi connectivity index (χ3v) is 8.32. The first-order valence-electron chi connectivity index (χ1n) is 14.8. The topological polar surface area (TPSA) is 133 Å². The standard InChI is InChI=1S/C33H35FN6O4/c1-19-32(41)38-24-6-3-7-25(16-24)40-30-22(5-4-14-44-19)18-36-31(35)28(30)29(39-40)21-10-8-20(9-11-21)17-37-33(42)26-15-23(34)12-13-27(26)43-2/h4-5,8-13,15,18-19,24-25H,3,6-7,14,16-17H2,1-2H3,(H2,35,36)(H,37,42)(H,38,41)/b5-4+/t19-,24-,25-/m1/s1. The summed E-state index contributed by atoms with van der Waals surface area (Å²) < 4.78 is 26.8. The van der Waals surface area contributed by atoms with Crippen molar-refractivity contribution in [2.24, 2.45) is 0 Å². The highest BCUT2D eigenvalue weighted by Crippen LogP contribution is 2.39. The third kappa shape index (κ3) is 5.87. The normalized spacial score (nSPS) is 21.0. The van der Waals surface area contributed by atoms with E-state index in [2.05, 4.69) is 20.3 Å². The van der Waals surface area contributed by atoms with E-state index in [1.807, 2.05) is 36.4 Å². The first kappa shape index (κ1) is 29.3. The minimum absolute atomic E-state index is 0.0215. The van der Waals surface area contributed by atoms with Gasteiger partial charge in [-0.05, 0) is 56.4 Å². The highest BCUT2D eigenvalue weighted by molar-refractivity contribution is 6.03. The van der Waals surface area contributed by atoms with Gasteiger partial charge in [0.15, 0.2) is 0 Å². The van der Waals surface area contributed by atoms with E-state index < -0.39 is 17.8 Å². The van der Waals surface area contributed by atoms with E-state index in [0.29, 0.717) is 17.3 Å². The van der Waals surface area contributed by atoms with Crippen molar-refractivity contribution in [1.29, 1.82) is 0 Å². The van der Waals surface area contributed by atoms with Gasteiger partial charge < -0.3 is 25.8 Å². The van der Waals surface area contributed by atoms with Gasteiger partial charge in [0, 0.05) is 29.9 Å². The van der Waals surface area contributed by atoms with Gasteiger partial charge in [0.2, 0.25) is 5.91 Å². The zero-order valence-electron chi connectivity index (χ0n) is 24.7. The molecule has 44 heavy (non-hydrogen) atoms. The van der Waals surface area contributed by atoms with Crippen molar-refractivity contribution in [2.75, 3.05) is 19.5 Å². The van der Waals surface area contributed by atoms with Crippen LogP contribution in [0, 0.1) is 5.82 Å². The number of amides is 2. The number of anilines is 1. The summed E-state index contributed by atoms with van der Waals surface area (Å²) >= 11 is 0. The van der Waals surface area contributed by atoms with Gasteiger partial charge in [-0.2, -0.15) is 5.10 Å². The Labute approximate surface area is 254 Å². The van der Waals surface area contributed by atoms with Gasteiger partial charge in [0.05, 0.1) is 36.2 Å². The van der Waals surface area contributed by atoms with Crippen LogP contribution in [0.4, 0.5) is 10.2 Å². The molecule has 1 aliphatic carbocycles. The number of pyridine rings is 1. The van der Waals surface area contributed by atoms with E-state index in [1.54, 1.807) is 13.1 Å². The lowest BCUT2D eigenvalue weighted by molar-refractivity contribution is -0.132. The Bertz CT molecular complexity index is 1730. The molecule has 0 spiro atoms. The second-order valence-electron chi connectivity index (χ2n) is 11.2. The lowest BCUT2D eigenvalue weighted by Gasteiger charge is -2.31. The average molecular weight is 599 g/mol.